The van der Waals surface area contributed by atoms with Crippen LogP contribution in [0.4, 0.5) is 0 Å². The summed E-state index contributed by atoms with van der Waals surface area (Å²) in [6.07, 6.45) is 6.08. The number of carbonyl (C=O) groups is 1. The first kappa shape index (κ1) is 7.71. The molecule has 1 aliphatic carbocycles. The zero-order chi connectivity index (χ0) is 8.55. The van der Waals surface area contributed by atoms with E-state index < -0.39 is 0 Å². The zero-order valence-electron chi connectivity index (χ0n) is 7.34. The molecule has 2 rings (SSSR count). The van der Waals surface area contributed by atoms with Gasteiger partial charge in [0, 0.05) is 12.1 Å². The standard InChI is InChI=1S/C10H13NO/c1-2-9-8(7-3-4-7)5-6-10(12)11-9/h5,7H,2-4,6H2,1H3. The lowest BCUT2D eigenvalue weighted by Crippen LogP contribution is -2.12. The van der Waals surface area contributed by atoms with Crippen molar-refractivity contribution in [2.45, 2.75) is 32.6 Å². The maximum atomic E-state index is 11.0. The molecule has 0 spiro atoms. The Hall–Kier alpha value is -0.920. The fourth-order valence-electron chi connectivity index (χ4n) is 1.66. The van der Waals surface area contributed by atoms with Crippen LogP contribution < -0.4 is 0 Å². The van der Waals surface area contributed by atoms with Crippen molar-refractivity contribution in [1.82, 2.24) is 0 Å². The third-order valence-electron chi connectivity index (χ3n) is 2.44. The van der Waals surface area contributed by atoms with Gasteiger partial charge in [0.05, 0.1) is 0 Å². The van der Waals surface area contributed by atoms with E-state index in [0.29, 0.717) is 6.42 Å². The van der Waals surface area contributed by atoms with Gasteiger partial charge in [0.15, 0.2) is 0 Å². The first-order chi connectivity index (χ1) is 5.81. The van der Waals surface area contributed by atoms with Crippen LogP contribution in [0.15, 0.2) is 16.6 Å². The van der Waals surface area contributed by atoms with Crippen molar-refractivity contribution in [2.24, 2.45) is 10.9 Å². The Balaban J connectivity index is 2.21. The van der Waals surface area contributed by atoms with Gasteiger partial charge in [-0.3, -0.25) is 4.79 Å². The number of allylic oxidation sites excluding steroid dienone is 1. The molecule has 0 aromatic carbocycles. The van der Waals surface area contributed by atoms with Crippen molar-refractivity contribution in [3.63, 3.8) is 0 Å². The van der Waals surface area contributed by atoms with Crippen LogP contribution in [0.3, 0.4) is 0 Å². The summed E-state index contributed by atoms with van der Waals surface area (Å²) in [5, 5.41) is 0. The molecule has 0 bridgehead atoms. The molecule has 12 heavy (non-hydrogen) atoms. The van der Waals surface area contributed by atoms with Gasteiger partial charge in [-0.05, 0) is 30.8 Å². The van der Waals surface area contributed by atoms with Crippen molar-refractivity contribution in [1.29, 1.82) is 0 Å². The number of hydrogen-bond acceptors (Lipinski definition) is 1. The number of aliphatic imine (C=N–C) groups is 1. The Morgan fingerprint density at radius 3 is 2.92 bits per heavy atom. The summed E-state index contributed by atoms with van der Waals surface area (Å²) in [5.41, 5.74) is 2.39. The van der Waals surface area contributed by atoms with Crippen molar-refractivity contribution < 1.29 is 4.79 Å². The number of hydrogen-bond donors (Lipinski definition) is 0. The molecular weight excluding hydrogens is 150 g/mol. The molecule has 0 saturated heterocycles. The lowest BCUT2D eigenvalue weighted by Gasteiger charge is -2.11. The van der Waals surface area contributed by atoms with Gasteiger partial charge < -0.3 is 0 Å². The van der Waals surface area contributed by atoms with E-state index in [9.17, 15) is 4.79 Å². The van der Waals surface area contributed by atoms with E-state index >= 15 is 0 Å². The maximum Gasteiger partial charge on any atom is 0.249 e. The number of carbonyl (C=O) groups excluding carboxylic acids is 1. The van der Waals surface area contributed by atoms with Gasteiger partial charge in [0.25, 0.3) is 0 Å². The zero-order valence-corrected chi connectivity index (χ0v) is 7.34. The molecule has 0 N–H and O–H groups in total. The summed E-state index contributed by atoms with van der Waals surface area (Å²) >= 11 is 0. The second-order valence-electron chi connectivity index (χ2n) is 3.44. The van der Waals surface area contributed by atoms with Crippen molar-refractivity contribution in [3.05, 3.63) is 11.6 Å². The average molecular weight is 163 g/mol. The summed E-state index contributed by atoms with van der Waals surface area (Å²) in [7, 11) is 0. The Bertz CT molecular complexity index is 272. The van der Waals surface area contributed by atoms with Crippen molar-refractivity contribution in [2.75, 3.05) is 0 Å². The molecule has 0 unspecified atom stereocenters. The lowest BCUT2D eigenvalue weighted by atomic mass is 10.00. The van der Waals surface area contributed by atoms with Gasteiger partial charge in [0.1, 0.15) is 0 Å². The molecular formula is C10H13NO. The monoisotopic (exact) mass is 163 g/mol. The van der Waals surface area contributed by atoms with Gasteiger partial charge >= 0.3 is 0 Å². The smallest absolute Gasteiger partial charge is 0.249 e. The second-order valence-corrected chi connectivity index (χ2v) is 3.44. The molecule has 64 valence electrons. The normalized spacial score (nSPS) is 23.6. The van der Waals surface area contributed by atoms with E-state index in [1.807, 2.05) is 0 Å². The van der Waals surface area contributed by atoms with Crippen LogP contribution in [0, 0.1) is 5.92 Å². The Labute approximate surface area is 72.4 Å². The van der Waals surface area contributed by atoms with Crippen molar-refractivity contribution in [3.8, 4) is 0 Å². The summed E-state index contributed by atoms with van der Waals surface area (Å²) in [4.78, 5) is 15.0. The van der Waals surface area contributed by atoms with Gasteiger partial charge in [-0.25, -0.2) is 4.99 Å². The minimum absolute atomic E-state index is 0.0243. The molecule has 0 radical (unpaired) electrons. The van der Waals surface area contributed by atoms with E-state index in [1.165, 1.54) is 18.4 Å². The first-order valence-corrected chi connectivity index (χ1v) is 4.62. The highest BCUT2D eigenvalue weighted by Crippen LogP contribution is 2.38. The topological polar surface area (TPSA) is 29.4 Å². The van der Waals surface area contributed by atoms with E-state index in [2.05, 4.69) is 18.0 Å². The molecule has 0 atom stereocenters. The van der Waals surface area contributed by atoms with Crippen LogP contribution in [0.5, 0.6) is 0 Å². The number of amides is 1. The molecule has 2 heteroatoms. The molecule has 2 nitrogen and oxygen atoms in total. The Morgan fingerprint density at radius 2 is 2.33 bits per heavy atom. The highest BCUT2D eigenvalue weighted by molar-refractivity contribution is 6.09. The molecule has 1 saturated carbocycles. The van der Waals surface area contributed by atoms with Gasteiger partial charge in [-0.2, -0.15) is 0 Å². The fourth-order valence-corrected chi connectivity index (χ4v) is 1.66. The minimum atomic E-state index is 0.0243. The highest BCUT2D eigenvalue weighted by Gasteiger charge is 2.29. The summed E-state index contributed by atoms with van der Waals surface area (Å²) in [5.74, 6) is 0.757. The number of nitrogens with zero attached hydrogens (tertiary/aromatic N) is 1. The Morgan fingerprint density at radius 1 is 1.58 bits per heavy atom. The highest BCUT2D eigenvalue weighted by atomic mass is 16.1. The lowest BCUT2D eigenvalue weighted by molar-refractivity contribution is -0.117. The third-order valence-corrected chi connectivity index (χ3v) is 2.44. The molecule has 2 aliphatic rings. The fraction of sp³-hybridized carbons (Fsp3) is 0.600. The van der Waals surface area contributed by atoms with Crippen LogP contribution in [-0.4, -0.2) is 11.6 Å². The molecule has 0 aromatic heterocycles. The van der Waals surface area contributed by atoms with Gasteiger partial charge in [-0.1, -0.05) is 13.0 Å². The van der Waals surface area contributed by atoms with Gasteiger partial charge in [-0.15, -0.1) is 0 Å². The first-order valence-electron chi connectivity index (χ1n) is 4.62. The number of dihydropyridines is 1. The van der Waals surface area contributed by atoms with E-state index in [1.54, 1.807) is 0 Å². The van der Waals surface area contributed by atoms with Crippen molar-refractivity contribution >= 4 is 11.6 Å². The third kappa shape index (κ3) is 1.33. The summed E-state index contributed by atoms with van der Waals surface area (Å²) < 4.78 is 0. The predicted molar refractivity (Wildman–Crippen MR) is 48.2 cm³/mol. The summed E-state index contributed by atoms with van der Waals surface area (Å²) in [6, 6.07) is 0. The summed E-state index contributed by atoms with van der Waals surface area (Å²) in [6.45, 7) is 2.06. The van der Waals surface area contributed by atoms with Crippen LogP contribution in [0.25, 0.3) is 0 Å². The molecule has 1 amide bonds. The SMILES string of the molecule is CCC1=NC(=O)CC=C1C1CC1. The van der Waals surface area contributed by atoms with Crippen LogP contribution >= 0.6 is 0 Å². The van der Waals surface area contributed by atoms with Crippen LogP contribution in [0.2, 0.25) is 0 Å². The van der Waals surface area contributed by atoms with Crippen LogP contribution in [-0.2, 0) is 4.79 Å². The molecule has 0 aromatic rings. The van der Waals surface area contributed by atoms with E-state index in [0.717, 1.165) is 18.1 Å². The molecule has 1 heterocycles. The molecule has 1 aliphatic heterocycles. The van der Waals surface area contributed by atoms with Crippen LogP contribution in [0.1, 0.15) is 32.6 Å². The average Bonchev–Trinajstić information content (AvgIpc) is 2.87. The molecule has 1 fully saturated rings. The van der Waals surface area contributed by atoms with E-state index in [4.69, 9.17) is 0 Å². The second kappa shape index (κ2) is 2.85. The maximum absolute atomic E-state index is 11.0. The quantitative estimate of drug-likeness (QED) is 0.613. The van der Waals surface area contributed by atoms with Gasteiger partial charge in [0.2, 0.25) is 5.91 Å². The minimum Gasteiger partial charge on any atom is -0.272 e. The van der Waals surface area contributed by atoms with E-state index in [-0.39, 0.29) is 5.91 Å². The predicted octanol–water partition coefficient (Wildman–Crippen LogP) is 2.10. The largest absolute Gasteiger partial charge is 0.272 e. The Kier molecular flexibility index (Phi) is 1.83. The number of rotatable bonds is 2.